The zero-order chi connectivity index (χ0) is 15.8. The van der Waals surface area contributed by atoms with E-state index in [0.29, 0.717) is 6.54 Å². The Morgan fingerprint density at radius 3 is 2.65 bits per heavy atom. The van der Waals surface area contributed by atoms with Crippen LogP contribution in [0.2, 0.25) is 0 Å². The van der Waals surface area contributed by atoms with Gasteiger partial charge in [0.2, 0.25) is 0 Å². The van der Waals surface area contributed by atoms with Gasteiger partial charge in [-0.2, -0.15) is 5.10 Å². The summed E-state index contributed by atoms with van der Waals surface area (Å²) in [6.45, 7) is 0.446. The smallest absolute Gasteiger partial charge is 0.123 e. The van der Waals surface area contributed by atoms with Crippen LogP contribution in [0.4, 0.5) is 4.39 Å². The van der Waals surface area contributed by atoms with Crippen LogP contribution in [0.25, 0.3) is 28.0 Å². The molecule has 0 radical (unpaired) electrons. The van der Waals surface area contributed by atoms with Crippen molar-refractivity contribution in [3.63, 3.8) is 0 Å². The summed E-state index contributed by atoms with van der Waals surface area (Å²) in [6.07, 6.45) is 5.28. The monoisotopic (exact) mass is 307 g/mol. The first-order valence-corrected chi connectivity index (χ1v) is 7.22. The van der Waals surface area contributed by atoms with E-state index >= 15 is 0 Å². The van der Waals surface area contributed by atoms with Gasteiger partial charge in [-0.3, -0.25) is 0 Å². The molecule has 23 heavy (non-hydrogen) atoms. The maximum atomic E-state index is 13.2. The van der Waals surface area contributed by atoms with Crippen LogP contribution in [0.3, 0.4) is 0 Å². The second-order valence-electron chi connectivity index (χ2n) is 5.27. The third-order valence-corrected chi connectivity index (χ3v) is 3.81. The molecule has 3 aromatic heterocycles. The molecule has 0 saturated heterocycles. The molecular formula is C17H14FN5. The Labute approximate surface area is 131 Å². The fourth-order valence-electron chi connectivity index (χ4n) is 2.68. The van der Waals surface area contributed by atoms with Crippen molar-refractivity contribution in [1.29, 1.82) is 0 Å². The van der Waals surface area contributed by atoms with Gasteiger partial charge in [0.25, 0.3) is 0 Å². The second kappa shape index (κ2) is 5.33. The van der Waals surface area contributed by atoms with Crippen molar-refractivity contribution in [1.82, 2.24) is 19.6 Å². The molecule has 4 aromatic rings. The average molecular weight is 307 g/mol. The zero-order valence-corrected chi connectivity index (χ0v) is 12.2. The maximum absolute atomic E-state index is 13.2. The van der Waals surface area contributed by atoms with Crippen LogP contribution in [0.1, 0.15) is 5.56 Å². The molecule has 114 valence electrons. The number of halogens is 1. The van der Waals surface area contributed by atoms with E-state index in [4.69, 9.17) is 5.73 Å². The number of aromatic amines is 1. The summed E-state index contributed by atoms with van der Waals surface area (Å²) < 4.78 is 15.0. The Bertz CT molecular complexity index is 955. The zero-order valence-electron chi connectivity index (χ0n) is 12.2. The van der Waals surface area contributed by atoms with Crippen LogP contribution in [0.15, 0.2) is 55.1 Å². The Morgan fingerprint density at radius 1 is 1.13 bits per heavy atom. The van der Waals surface area contributed by atoms with Gasteiger partial charge in [-0.1, -0.05) is 6.07 Å². The minimum atomic E-state index is -0.272. The highest BCUT2D eigenvalue weighted by molar-refractivity contribution is 5.90. The molecule has 6 heteroatoms. The highest BCUT2D eigenvalue weighted by Gasteiger charge is 2.17. The van der Waals surface area contributed by atoms with Crippen molar-refractivity contribution in [2.45, 2.75) is 6.54 Å². The fourth-order valence-corrected chi connectivity index (χ4v) is 2.68. The SMILES string of the molecule is NCc1ccc2c(-c3cnc[nH]3)c(-c3ccc(F)cc3)nn2c1. The summed E-state index contributed by atoms with van der Waals surface area (Å²) >= 11 is 0. The minimum Gasteiger partial charge on any atom is -0.345 e. The number of benzene rings is 1. The van der Waals surface area contributed by atoms with E-state index in [1.807, 2.05) is 18.3 Å². The van der Waals surface area contributed by atoms with E-state index in [1.165, 1.54) is 12.1 Å². The van der Waals surface area contributed by atoms with Crippen molar-refractivity contribution >= 4 is 5.52 Å². The largest absolute Gasteiger partial charge is 0.345 e. The van der Waals surface area contributed by atoms with Crippen molar-refractivity contribution in [3.05, 3.63) is 66.5 Å². The van der Waals surface area contributed by atoms with E-state index in [2.05, 4.69) is 15.1 Å². The van der Waals surface area contributed by atoms with Crippen molar-refractivity contribution in [3.8, 4) is 22.5 Å². The normalized spacial score (nSPS) is 11.2. The third kappa shape index (κ3) is 2.29. The van der Waals surface area contributed by atoms with Gasteiger partial charge < -0.3 is 10.7 Å². The van der Waals surface area contributed by atoms with E-state index in [9.17, 15) is 4.39 Å². The molecule has 3 N–H and O–H groups in total. The van der Waals surface area contributed by atoms with Crippen molar-refractivity contribution in [2.75, 3.05) is 0 Å². The molecule has 5 nitrogen and oxygen atoms in total. The average Bonchev–Trinajstić information content (AvgIpc) is 3.21. The van der Waals surface area contributed by atoms with Crippen LogP contribution in [0.5, 0.6) is 0 Å². The van der Waals surface area contributed by atoms with Gasteiger partial charge in [-0.25, -0.2) is 13.9 Å². The Morgan fingerprint density at radius 2 is 1.96 bits per heavy atom. The van der Waals surface area contributed by atoms with Gasteiger partial charge in [-0.05, 0) is 35.9 Å². The van der Waals surface area contributed by atoms with Crippen LogP contribution >= 0.6 is 0 Å². The molecule has 1 aromatic carbocycles. The second-order valence-corrected chi connectivity index (χ2v) is 5.27. The lowest BCUT2D eigenvalue weighted by molar-refractivity contribution is 0.628. The summed E-state index contributed by atoms with van der Waals surface area (Å²) in [6, 6.07) is 10.3. The number of hydrogen-bond acceptors (Lipinski definition) is 3. The first-order valence-electron chi connectivity index (χ1n) is 7.22. The third-order valence-electron chi connectivity index (χ3n) is 3.81. The lowest BCUT2D eigenvalue weighted by Gasteiger charge is -2.01. The first kappa shape index (κ1) is 13.7. The number of H-pyrrole nitrogens is 1. The molecule has 0 aliphatic heterocycles. The molecule has 0 fully saturated rings. The Kier molecular flexibility index (Phi) is 3.17. The van der Waals surface area contributed by atoms with E-state index < -0.39 is 0 Å². The number of imidazole rings is 1. The molecule has 0 aliphatic rings. The number of nitrogens with zero attached hydrogens (tertiary/aromatic N) is 3. The van der Waals surface area contributed by atoms with E-state index in [1.54, 1.807) is 29.2 Å². The van der Waals surface area contributed by atoms with E-state index in [0.717, 1.165) is 33.6 Å². The molecule has 3 heterocycles. The van der Waals surface area contributed by atoms with Crippen LogP contribution in [-0.4, -0.2) is 19.6 Å². The lowest BCUT2D eigenvalue weighted by Crippen LogP contribution is -1.98. The van der Waals surface area contributed by atoms with Gasteiger partial charge in [0, 0.05) is 18.3 Å². The van der Waals surface area contributed by atoms with Gasteiger partial charge in [-0.15, -0.1) is 0 Å². The predicted octanol–water partition coefficient (Wildman–Crippen LogP) is 2.99. The van der Waals surface area contributed by atoms with Crippen LogP contribution < -0.4 is 5.73 Å². The Balaban J connectivity index is 2.01. The number of hydrogen-bond donors (Lipinski definition) is 2. The fraction of sp³-hybridized carbons (Fsp3) is 0.0588. The quantitative estimate of drug-likeness (QED) is 0.611. The molecule has 0 amide bonds. The van der Waals surface area contributed by atoms with Gasteiger partial charge in [0.05, 0.1) is 29.3 Å². The summed E-state index contributed by atoms with van der Waals surface area (Å²) in [5.74, 6) is -0.272. The Hall–Kier alpha value is -2.99. The van der Waals surface area contributed by atoms with Crippen LogP contribution in [0, 0.1) is 5.82 Å². The number of nitrogens with one attached hydrogen (secondary N) is 1. The molecular weight excluding hydrogens is 293 g/mol. The first-order chi connectivity index (χ1) is 11.3. The summed E-state index contributed by atoms with van der Waals surface area (Å²) in [5, 5.41) is 4.67. The summed E-state index contributed by atoms with van der Waals surface area (Å²) in [7, 11) is 0. The number of rotatable bonds is 3. The predicted molar refractivity (Wildman–Crippen MR) is 86.1 cm³/mol. The van der Waals surface area contributed by atoms with Crippen molar-refractivity contribution in [2.24, 2.45) is 5.73 Å². The molecule has 0 saturated carbocycles. The minimum absolute atomic E-state index is 0.272. The summed E-state index contributed by atoms with van der Waals surface area (Å²) in [4.78, 5) is 7.21. The number of aromatic nitrogens is 4. The van der Waals surface area contributed by atoms with E-state index in [-0.39, 0.29) is 5.82 Å². The highest BCUT2D eigenvalue weighted by atomic mass is 19.1. The molecule has 0 bridgehead atoms. The van der Waals surface area contributed by atoms with Gasteiger partial charge in [0.15, 0.2) is 0 Å². The molecule has 0 aliphatic carbocycles. The highest BCUT2D eigenvalue weighted by Crippen LogP contribution is 2.34. The standard InChI is InChI=1S/C17H14FN5/c18-13-4-2-12(3-5-13)17-16(14-8-20-10-21-14)15-6-1-11(7-19)9-23(15)22-17/h1-6,8-10H,7,19H2,(H,20,21). The molecule has 0 unspecified atom stereocenters. The maximum Gasteiger partial charge on any atom is 0.123 e. The van der Waals surface area contributed by atoms with Gasteiger partial charge >= 0.3 is 0 Å². The number of pyridine rings is 1. The van der Waals surface area contributed by atoms with Gasteiger partial charge in [0.1, 0.15) is 11.5 Å². The van der Waals surface area contributed by atoms with Crippen molar-refractivity contribution < 1.29 is 4.39 Å². The lowest BCUT2D eigenvalue weighted by atomic mass is 10.0. The molecule has 0 atom stereocenters. The summed E-state index contributed by atoms with van der Waals surface area (Å²) in [5.41, 5.74) is 11.0. The van der Waals surface area contributed by atoms with Crippen LogP contribution in [-0.2, 0) is 6.54 Å². The number of fused-ring (bicyclic) bond motifs is 1. The molecule has 4 rings (SSSR count). The topological polar surface area (TPSA) is 72.0 Å². The number of nitrogens with two attached hydrogens (primary N) is 1. The molecule has 0 spiro atoms.